The van der Waals surface area contributed by atoms with Crippen LogP contribution in [0, 0.1) is 6.92 Å². The first-order valence-corrected chi connectivity index (χ1v) is 11.3. The van der Waals surface area contributed by atoms with E-state index in [4.69, 9.17) is 9.47 Å². The number of aryl methyl sites for hydroxylation is 1. The van der Waals surface area contributed by atoms with Gasteiger partial charge in [0.1, 0.15) is 12.4 Å². The Hall–Kier alpha value is -3.84. The summed E-state index contributed by atoms with van der Waals surface area (Å²) in [5.41, 5.74) is 5.53. The van der Waals surface area contributed by atoms with Crippen LogP contribution in [0.2, 0.25) is 0 Å². The molecule has 0 unspecified atom stereocenters. The number of methoxy groups -OCH3 is 1. The van der Waals surface area contributed by atoms with Crippen molar-refractivity contribution in [3.8, 4) is 17.2 Å². The van der Waals surface area contributed by atoms with E-state index in [1.807, 2.05) is 61.5 Å². The molecule has 4 rings (SSSR count). The molecule has 0 saturated heterocycles. The van der Waals surface area contributed by atoms with E-state index in [9.17, 15) is 9.90 Å². The minimum atomic E-state index is -0.511. The predicted octanol–water partition coefficient (Wildman–Crippen LogP) is 5.97. The highest BCUT2D eigenvalue weighted by Gasteiger charge is 2.13. The quantitative estimate of drug-likeness (QED) is 0.233. The molecule has 1 amide bonds. The number of hydrazone groups is 1. The van der Waals surface area contributed by atoms with Crippen molar-refractivity contribution in [1.82, 2.24) is 5.43 Å². The van der Waals surface area contributed by atoms with Crippen LogP contribution in [0.4, 0.5) is 0 Å². The number of hydrogen-bond acceptors (Lipinski definition) is 5. The van der Waals surface area contributed by atoms with Crippen molar-refractivity contribution in [3.63, 3.8) is 0 Å². The number of carbonyl (C=O) groups is 1. The second kappa shape index (κ2) is 10.4. The van der Waals surface area contributed by atoms with Crippen LogP contribution < -0.4 is 14.9 Å². The Labute approximate surface area is 206 Å². The van der Waals surface area contributed by atoms with E-state index in [2.05, 4.69) is 26.5 Å². The van der Waals surface area contributed by atoms with Gasteiger partial charge in [0, 0.05) is 0 Å². The Morgan fingerprint density at radius 2 is 1.76 bits per heavy atom. The van der Waals surface area contributed by atoms with Crippen molar-refractivity contribution in [2.75, 3.05) is 7.11 Å². The molecule has 7 heteroatoms. The molecule has 0 aliphatic rings. The summed E-state index contributed by atoms with van der Waals surface area (Å²) in [7, 11) is 1.56. The number of fused-ring (bicyclic) bond motifs is 1. The van der Waals surface area contributed by atoms with Crippen LogP contribution in [0.15, 0.2) is 82.4 Å². The number of hydrogen-bond donors (Lipinski definition) is 2. The zero-order valence-electron chi connectivity index (χ0n) is 18.7. The topological polar surface area (TPSA) is 80.2 Å². The average molecular weight is 519 g/mol. The van der Waals surface area contributed by atoms with Crippen molar-refractivity contribution >= 4 is 38.8 Å². The van der Waals surface area contributed by atoms with Gasteiger partial charge in [-0.3, -0.25) is 4.79 Å². The third-order valence-electron chi connectivity index (χ3n) is 5.24. The molecule has 2 N–H and O–H groups in total. The van der Waals surface area contributed by atoms with Crippen molar-refractivity contribution in [3.05, 3.63) is 99.5 Å². The second-order valence-electron chi connectivity index (χ2n) is 7.72. The normalized spacial score (nSPS) is 11.0. The van der Waals surface area contributed by atoms with Crippen LogP contribution >= 0.6 is 15.9 Å². The number of ether oxygens (including phenoxy) is 2. The third-order valence-corrected chi connectivity index (χ3v) is 5.83. The largest absolute Gasteiger partial charge is 0.507 e. The van der Waals surface area contributed by atoms with Gasteiger partial charge in [0.25, 0.3) is 5.91 Å². The maximum Gasteiger partial charge on any atom is 0.275 e. The number of benzene rings is 4. The number of carbonyl (C=O) groups excluding carboxylic acids is 1. The highest BCUT2D eigenvalue weighted by Crippen LogP contribution is 2.37. The minimum Gasteiger partial charge on any atom is -0.507 e. The van der Waals surface area contributed by atoms with Crippen molar-refractivity contribution in [2.24, 2.45) is 5.10 Å². The summed E-state index contributed by atoms with van der Waals surface area (Å²) in [6, 6.07) is 22.4. The molecule has 4 aromatic carbocycles. The molecule has 0 radical (unpaired) electrons. The first-order valence-electron chi connectivity index (χ1n) is 10.6. The lowest BCUT2D eigenvalue weighted by Crippen LogP contribution is -2.17. The van der Waals surface area contributed by atoms with E-state index in [1.165, 1.54) is 11.8 Å². The summed E-state index contributed by atoms with van der Waals surface area (Å²) in [6.07, 6.45) is 1.49. The zero-order valence-corrected chi connectivity index (χ0v) is 20.3. The maximum absolute atomic E-state index is 12.5. The molecular weight excluding hydrogens is 496 g/mol. The van der Waals surface area contributed by atoms with Gasteiger partial charge in [-0.2, -0.15) is 5.10 Å². The summed E-state index contributed by atoms with van der Waals surface area (Å²) < 4.78 is 12.2. The Bertz CT molecular complexity index is 1370. The average Bonchev–Trinajstić information content (AvgIpc) is 2.83. The SMILES string of the molecule is COc1cc(C=NNC(=O)c2cc3ccccc3cc2O)cc(Br)c1OCc1ccc(C)cc1. The summed E-state index contributed by atoms with van der Waals surface area (Å²) in [6.45, 7) is 2.44. The van der Waals surface area contributed by atoms with E-state index < -0.39 is 5.91 Å². The second-order valence-corrected chi connectivity index (χ2v) is 8.58. The van der Waals surface area contributed by atoms with Gasteiger partial charge in [0.15, 0.2) is 11.5 Å². The lowest BCUT2D eigenvalue weighted by atomic mass is 10.1. The molecule has 172 valence electrons. The standard InChI is InChI=1S/C27H23BrN2O4/c1-17-7-9-18(10-8-17)16-34-26-23(28)11-19(12-25(26)33-2)15-29-30-27(32)22-13-20-5-3-4-6-21(20)14-24(22)31/h3-15,31H,16H2,1-2H3,(H,30,32). The van der Waals surface area contributed by atoms with Gasteiger partial charge in [-0.05, 0) is 69.0 Å². The first-order chi connectivity index (χ1) is 16.4. The monoisotopic (exact) mass is 518 g/mol. The maximum atomic E-state index is 12.5. The fourth-order valence-corrected chi connectivity index (χ4v) is 4.00. The van der Waals surface area contributed by atoms with Crippen molar-refractivity contribution < 1.29 is 19.4 Å². The minimum absolute atomic E-state index is 0.106. The Morgan fingerprint density at radius 1 is 1.06 bits per heavy atom. The molecular formula is C27H23BrN2O4. The number of aromatic hydroxyl groups is 1. The molecule has 0 saturated carbocycles. The fraction of sp³-hybridized carbons (Fsp3) is 0.111. The highest BCUT2D eigenvalue weighted by molar-refractivity contribution is 9.10. The van der Waals surface area contributed by atoms with Crippen LogP contribution in [0.1, 0.15) is 27.0 Å². The van der Waals surface area contributed by atoms with Gasteiger partial charge in [-0.1, -0.05) is 54.1 Å². The molecule has 6 nitrogen and oxygen atoms in total. The molecule has 0 fully saturated rings. The Morgan fingerprint density at radius 3 is 2.47 bits per heavy atom. The number of rotatable bonds is 7. The van der Waals surface area contributed by atoms with Gasteiger partial charge >= 0.3 is 0 Å². The highest BCUT2D eigenvalue weighted by atomic mass is 79.9. The van der Waals surface area contributed by atoms with E-state index in [1.54, 1.807) is 25.3 Å². The van der Waals surface area contributed by atoms with Gasteiger partial charge in [-0.15, -0.1) is 0 Å². The first kappa shape index (κ1) is 23.3. The number of phenolic OH excluding ortho intramolecular Hbond substituents is 1. The zero-order chi connectivity index (χ0) is 24.1. The molecule has 4 aromatic rings. The van der Waals surface area contributed by atoms with Gasteiger partial charge in [0.2, 0.25) is 0 Å². The predicted molar refractivity (Wildman–Crippen MR) is 137 cm³/mol. The van der Waals surface area contributed by atoms with E-state index in [0.717, 1.165) is 16.3 Å². The van der Waals surface area contributed by atoms with Crippen LogP contribution in [0.5, 0.6) is 17.2 Å². The van der Waals surface area contributed by atoms with Crippen molar-refractivity contribution in [2.45, 2.75) is 13.5 Å². The van der Waals surface area contributed by atoms with E-state index >= 15 is 0 Å². The summed E-state index contributed by atoms with van der Waals surface area (Å²) >= 11 is 3.53. The number of nitrogens with zero attached hydrogens (tertiary/aromatic N) is 1. The number of phenols is 1. The summed E-state index contributed by atoms with van der Waals surface area (Å²) in [4.78, 5) is 12.5. The molecule has 34 heavy (non-hydrogen) atoms. The number of amides is 1. The van der Waals surface area contributed by atoms with Gasteiger partial charge in [0.05, 0.1) is 23.4 Å². The summed E-state index contributed by atoms with van der Waals surface area (Å²) in [5, 5.41) is 16.0. The van der Waals surface area contributed by atoms with Crippen LogP contribution in [-0.4, -0.2) is 24.3 Å². The lowest BCUT2D eigenvalue weighted by molar-refractivity contribution is 0.0952. The van der Waals surface area contributed by atoms with Crippen LogP contribution in [0.3, 0.4) is 0 Å². The Balaban J connectivity index is 1.46. The molecule has 0 bridgehead atoms. The number of nitrogens with one attached hydrogen (secondary N) is 1. The molecule has 0 atom stereocenters. The third kappa shape index (κ3) is 5.38. The molecule has 0 spiro atoms. The Kier molecular flexibility index (Phi) is 7.13. The van der Waals surface area contributed by atoms with Crippen LogP contribution in [-0.2, 0) is 6.61 Å². The molecule has 0 aromatic heterocycles. The van der Waals surface area contributed by atoms with E-state index in [-0.39, 0.29) is 11.3 Å². The fourth-order valence-electron chi connectivity index (χ4n) is 3.43. The molecule has 0 aliphatic carbocycles. The van der Waals surface area contributed by atoms with E-state index in [0.29, 0.717) is 28.1 Å². The van der Waals surface area contributed by atoms with Gasteiger partial charge in [-0.25, -0.2) is 5.43 Å². The number of halogens is 1. The molecule has 0 heterocycles. The van der Waals surface area contributed by atoms with Crippen molar-refractivity contribution in [1.29, 1.82) is 0 Å². The lowest BCUT2D eigenvalue weighted by Gasteiger charge is -2.13. The smallest absolute Gasteiger partial charge is 0.275 e. The molecule has 0 aliphatic heterocycles. The van der Waals surface area contributed by atoms with Crippen LogP contribution in [0.25, 0.3) is 10.8 Å². The summed E-state index contributed by atoms with van der Waals surface area (Å²) in [5.74, 6) is 0.487. The van der Waals surface area contributed by atoms with Gasteiger partial charge < -0.3 is 14.6 Å².